The van der Waals surface area contributed by atoms with Crippen LogP contribution in [0.15, 0.2) is 79.0 Å². The molecule has 0 amide bonds. The van der Waals surface area contributed by atoms with Crippen LogP contribution in [-0.2, 0) is 29.6 Å². The first-order valence-electron chi connectivity index (χ1n) is 8.41. The minimum absolute atomic E-state index is 0.248. The highest BCUT2D eigenvalue weighted by atomic mass is 32.2. The van der Waals surface area contributed by atoms with Gasteiger partial charge in [0, 0.05) is 24.1 Å². The third-order valence-corrected chi connectivity index (χ3v) is 4.94. The molecule has 0 saturated carbocycles. The highest BCUT2D eigenvalue weighted by Gasteiger charge is 2.09. The molecule has 2 N–H and O–H groups in total. The predicted molar refractivity (Wildman–Crippen MR) is 104 cm³/mol. The molecule has 0 aliphatic carbocycles. The number of hydrogen-bond donors (Lipinski definition) is 2. The Labute approximate surface area is 154 Å². The Kier molecular flexibility index (Phi) is 5.99. The van der Waals surface area contributed by atoms with E-state index in [2.05, 4.69) is 14.4 Å². The first kappa shape index (κ1) is 18.1. The van der Waals surface area contributed by atoms with E-state index in [0.717, 1.165) is 29.7 Å². The molecule has 0 aliphatic heterocycles. The normalized spacial score (nSPS) is 11.2. The Morgan fingerprint density at radius 1 is 0.769 bits per heavy atom. The number of pyridine rings is 1. The fraction of sp³-hybridized carbons (Fsp3) is 0.150. The maximum Gasteiger partial charge on any atom is 0.299 e. The summed E-state index contributed by atoms with van der Waals surface area (Å²) in [5.74, 6) is 0. The molecule has 1 heterocycles. The summed E-state index contributed by atoms with van der Waals surface area (Å²) in [6.45, 7) is 0.248. The Hall–Kier alpha value is -2.70. The first-order chi connectivity index (χ1) is 12.6. The van der Waals surface area contributed by atoms with Crippen LogP contribution in [0, 0.1) is 0 Å². The molecule has 0 radical (unpaired) electrons. The minimum Gasteiger partial charge on any atom is -0.271 e. The monoisotopic (exact) mass is 367 g/mol. The van der Waals surface area contributed by atoms with Gasteiger partial charge in [-0.25, -0.2) is 0 Å². The number of rotatable bonds is 8. The molecule has 6 heteroatoms. The molecule has 0 unspecified atom stereocenters. The van der Waals surface area contributed by atoms with Crippen molar-refractivity contribution < 1.29 is 8.42 Å². The smallest absolute Gasteiger partial charge is 0.271 e. The van der Waals surface area contributed by atoms with E-state index in [1.807, 2.05) is 60.7 Å². The minimum atomic E-state index is -3.61. The van der Waals surface area contributed by atoms with Gasteiger partial charge in [0.15, 0.2) is 0 Å². The van der Waals surface area contributed by atoms with Gasteiger partial charge in [-0.1, -0.05) is 48.5 Å². The number of nitrogens with zero attached hydrogens (tertiary/aromatic N) is 1. The van der Waals surface area contributed by atoms with Crippen LogP contribution < -0.4 is 9.44 Å². The Bertz CT molecular complexity index is 912. The van der Waals surface area contributed by atoms with E-state index >= 15 is 0 Å². The number of anilines is 1. The maximum absolute atomic E-state index is 12.1. The van der Waals surface area contributed by atoms with E-state index in [-0.39, 0.29) is 6.54 Å². The summed E-state index contributed by atoms with van der Waals surface area (Å²) < 4.78 is 29.4. The molecule has 134 valence electrons. The summed E-state index contributed by atoms with van der Waals surface area (Å²) >= 11 is 0. The second-order valence-electron chi connectivity index (χ2n) is 5.93. The number of aromatic nitrogens is 1. The quantitative estimate of drug-likeness (QED) is 0.642. The molecule has 26 heavy (non-hydrogen) atoms. The van der Waals surface area contributed by atoms with Gasteiger partial charge in [-0.3, -0.25) is 9.71 Å². The van der Waals surface area contributed by atoms with Gasteiger partial charge < -0.3 is 0 Å². The van der Waals surface area contributed by atoms with Crippen LogP contribution in [0.25, 0.3) is 0 Å². The molecule has 0 saturated heterocycles. The largest absolute Gasteiger partial charge is 0.299 e. The van der Waals surface area contributed by atoms with E-state index in [0.29, 0.717) is 5.69 Å². The second-order valence-corrected chi connectivity index (χ2v) is 7.43. The van der Waals surface area contributed by atoms with Gasteiger partial charge >= 0.3 is 0 Å². The van der Waals surface area contributed by atoms with Crippen LogP contribution in [0.4, 0.5) is 5.69 Å². The zero-order valence-electron chi connectivity index (χ0n) is 14.3. The van der Waals surface area contributed by atoms with Crippen LogP contribution in [0.2, 0.25) is 0 Å². The molecule has 1 aromatic heterocycles. The van der Waals surface area contributed by atoms with Gasteiger partial charge in [0.25, 0.3) is 10.2 Å². The SMILES string of the molecule is O=S(=O)(NCc1ccccc1)Nc1ccc(CCc2ccccn2)cc1. The molecule has 0 fully saturated rings. The lowest BCUT2D eigenvalue weighted by Crippen LogP contribution is -2.29. The van der Waals surface area contributed by atoms with Crippen molar-refractivity contribution in [2.75, 3.05) is 4.72 Å². The third kappa shape index (κ3) is 5.68. The summed E-state index contributed by atoms with van der Waals surface area (Å²) in [4.78, 5) is 4.31. The molecular weight excluding hydrogens is 346 g/mol. The van der Waals surface area contributed by atoms with Gasteiger partial charge in [-0.15, -0.1) is 0 Å². The highest BCUT2D eigenvalue weighted by Crippen LogP contribution is 2.13. The number of nitrogens with one attached hydrogen (secondary N) is 2. The molecule has 0 atom stereocenters. The summed E-state index contributed by atoms with van der Waals surface area (Å²) in [6.07, 6.45) is 3.50. The van der Waals surface area contributed by atoms with Crippen molar-refractivity contribution in [3.05, 3.63) is 95.8 Å². The van der Waals surface area contributed by atoms with Crippen molar-refractivity contribution in [1.29, 1.82) is 0 Å². The van der Waals surface area contributed by atoms with E-state index in [1.54, 1.807) is 18.3 Å². The topological polar surface area (TPSA) is 71.1 Å². The molecule has 0 spiro atoms. The fourth-order valence-corrected chi connectivity index (χ4v) is 3.40. The van der Waals surface area contributed by atoms with Crippen LogP contribution in [0.5, 0.6) is 0 Å². The van der Waals surface area contributed by atoms with Crippen molar-refractivity contribution >= 4 is 15.9 Å². The number of benzene rings is 2. The van der Waals surface area contributed by atoms with Crippen molar-refractivity contribution in [3.8, 4) is 0 Å². The summed E-state index contributed by atoms with van der Waals surface area (Å²) in [5, 5.41) is 0. The lowest BCUT2D eigenvalue weighted by Gasteiger charge is -2.10. The van der Waals surface area contributed by atoms with Crippen molar-refractivity contribution in [2.24, 2.45) is 0 Å². The molecule has 3 rings (SSSR count). The van der Waals surface area contributed by atoms with E-state index < -0.39 is 10.2 Å². The van der Waals surface area contributed by atoms with E-state index in [9.17, 15) is 8.42 Å². The molecular formula is C20H21N3O2S. The van der Waals surface area contributed by atoms with Gasteiger partial charge in [0.1, 0.15) is 0 Å². The Morgan fingerprint density at radius 3 is 2.19 bits per heavy atom. The lowest BCUT2D eigenvalue weighted by molar-refractivity contribution is 0.587. The first-order valence-corrected chi connectivity index (χ1v) is 9.89. The van der Waals surface area contributed by atoms with Gasteiger partial charge in [0.05, 0.1) is 0 Å². The fourth-order valence-electron chi connectivity index (χ4n) is 2.52. The van der Waals surface area contributed by atoms with Gasteiger partial charge in [-0.2, -0.15) is 13.1 Å². The Morgan fingerprint density at radius 2 is 1.50 bits per heavy atom. The molecule has 3 aromatic rings. The second kappa shape index (κ2) is 8.60. The third-order valence-electron chi connectivity index (χ3n) is 3.91. The Balaban J connectivity index is 1.53. The molecule has 0 aliphatic rings. The van der Waals surface area contributed by atoms with Crippen LogP contribution in [0.3, 0.4) is 0 Å². The zero-order chi connectivity index (χ0) is 18.2. The van der Waals surface area contributed by atoms with E-state index in [1.165, 1.54) is 0 Å². The summed E-state index contributed by atoms with van der Waals surface area (Å²) in [5.41, 5.74) is 3.62. The molecule has 2 aromatic carbocycles. The summed E-state index contributed by atoms with van der Waals surface area (Å²) in [7, 11) is -3.61. The van der Waals surface area contributed by atoms with Crippen molar-refractivity contribution in [2.45, 2.75) is 19.4 Å². The summed E-state index contributed by atoms with van der Waals surface area (Å²) in [6, 6.07) is 22.7. The molecule has 5 nitrogen and oxygen atoms in total. The highest BCUT2D eigenvalue weighted by molar-refractivity contribution is 7.90. The standard InChI is InChI=1S/C20H21N3O2S/c24-26(25,22-16-18-6-2-1-3-7-18)23-20-13-10-17(11-14-20)9-12-19-8-4-5-15-21-19/h1-8,10-11,13-15,22-23H,9,12,16H2. The lowest BCUT2D eigenvalue weighted by atomic mass is 10.1. The molecule has 0 bridgehead atoms. The van der Waals surface area contributed by atoms with Crippen LogP contribution in [0.1, 0.15) is 16.8 Å². The average Bonchev–Trinajstić information content (AvgIpc) is 2.67. The maximum atomic E-state index is 12.1. The number of hydrogen-bond acceptors (Lipinski definition) is 3. The van der Waals surface area contributed by atoms with Gasteiger partial charge in [-0.05, 0) is 48.2 Å². The predicted octanol–water partition coefficient (Wildman–Crippen LogP) is 3.31. The average molecular weight is 367 g/mol. The number of aryl methyl sites for hydroxylation is 2. The van der Waals surface area contributed by atoms with Gasteiger partial charge in [0.2, 0.25) is 0 Å². The van der Waals surface area contributed by atoms with Crippen molar-refractivity contribution in [1.82, 2.24) is 9.71 Å². The van der Waals surface area contributed by atoms with E-state index in [4.69, 9.17) is 0 Å². The van der Waals surface area contributed by atoms with Crippen LogP contribution >= 0.6 is 0 Å². The van der Waals surface area contributed by atoms with Crippen LogP contribution in [-0.4, -0.2) is 13.4 Å². The zero-order valence-corrected chi connectivity index (χ0v) is 15.1. The van der Waals surface area contributed by atoms with Crippen molar-refractivity contribution in [3.63, 3.8) is 0 Å².